The smallest absolute Gasteiger partial charge is 0.0653 e. The van der Waals surface area contributed by atoms with Crippen molar-refractivity contribution >= 4 is 22.7 Å². The summed E-state index contributed by atoms with van der Waals surface area (Å²) in [6.45, 7) is 20.3. The summed E-state index contributed by atoms with van der Waals surface area (Å²) in [6, 6.07) is 0. The van der Waals surface area contributed by atoms with Gasteiger partial charge in [0.25, 0.3) is 0 Å². The molecule has 14 atom stereocenters. The van der Waals surface area contributed by atoms with E-state index < -0.39 is 10.0 Å². The number of fused-ring (bicyclic) bond motifs is 4. The quantitative estimate of drug-likeness (QED) is 0.253. The fraction of sp³-hybridized carbons (Fsp3) is 1.00. The summed E-state index contributed by atoms with van der Waals surface area (Å²) >= 11 is 5.34. The lowest BCUT2D eigenvalue weighted by atomic mass is 9.40. The van der Waals surface area contributed by atoms with Crippen molar-refractivity contribution in [1.82, 2.24) is 0 Å². The molecule has 6 rings (SSSR count). The molecular weight excluding hydrogens is 501 g/mol. The van der Waals surface area contributed by atoms with Gasteiger partial charge in [0.2, 0.25) is 0 Å². The van der Waals surface area contributed by atoms with Gasteiger partial charge in [-0.05, 0) is 139 Å². The minimum absolute atomic E-state index is 0.0362. The van der Waals surface area contributed by atoms with Crippen LogP contribution in [0.3, 0.4) is 0 Å². The second-order valence-electron chi connectivity index (χ2n) is 17.0. The van der Waals surface area contributed by atoms with Crippen molar-refractivity contribution < 1.29 is 5.11 Å². The van der Waals surface area contributed by atoms with E-state index in [-0.39, 0.29) is 6.10 Å². The molecule has 0 aromatic heterocycles. The van der Waals surface area contributed by atoms with Crippen LogP contribution in [0.2, 0.25) is 0 Å². The van der Waals surface area contributed by atoms with E-state index in [2.05, 4.69) is 61.6 Å². The fourth-order valence-corrected chi connectivity index (χ4v) is 16.1. The number of rotatable bonds is 10. The van der Waals surface area contributed by atoms with Gasteiger partial charge in [-0.1, -0.05) is 61.8 Å². The molecule has 38 heavy (non-hydrogen) atoms. The molecule has 1 heterocycles. The summed E-state index contributed by atoms with van der Waals surface area (Å²) in [4.78, 5) is 0. The Bertz CT molecular complexity index is 857. The van der Waals surface area contributed by atoms with E-state index in [1.54, 1.807) is 0 Å². The number of hydrogen-bond donors (Lipinski definition) is 2. The Hall–Kier alpha value is 0.660. The molecule has 0 aromatic carbocycles. The lowest BCUT2D eigenvalue weighted by molar-refractivity contribution is -0.155. The summed E-state index contributed by atoms with van der Waals surface area (Å²) in [5.74, 6) is 11.4. The van der Waals surface area contributed by atoms with Crippen LogP contribution in [0.15, 0.2) is 0 Å². The van der Waals surface area contributed by atoms with E-state index in [9.17, 15) is 5.11 Å². The average Bonchev–Trinajstić information content (AvgIpc) is 3.38. The second-order valence-corrected chi connectivity index (χ2v) is 21.7. The van der Waals surface area contributed by atoms with E-state index >= 15 is 0 Å². The van der Waals surface area contributed by atoms with Crippen LogP contribution in [0.25, 0.3) is 0 Å². The zero-order chi connectivity index (χ0) is 27.8. The van der Waals surface area contributed by atoms with Crippen molar-refractivity contribution in [2.24, 2.45) is 69.5 Å². The predicted molar refractivity (Wildman–Crippen MR) is 173 cm³/mol. The third kappa shape index (κ3) is 4.69. The highest BCUT2D eigenvalue weighted by molar-refractivity contribution is 8.33. The molecule has 5 saturated carbocycles. The lowest BCUT2D eigenvalue weighted by Crippen LogP contribution is -2.57. The van der Waals surface area contributed by atoms with Gasteiger partial charge in [-0.15, -0.1) is 0 Å². The minimum atomic E-state index is -0.636. The van der Waals surface area contributed by atoms with Crippen molar-refractivity contribution in [1.29, 1.82) is 0 Å². The molecule has 5 aliphatic carbocycles. The van der Waals surface area contributed by atoms with Crippen LogP contribution in [0.5, 0.6) is 0 Å². The summed E-state index contributed by atoms with van der Waals surface area (Å²) in [7, 11) is -0.636. The van der Waals surface area contributed by atoms with Crippen molar-refractivity contribution in [3.05, 3.63) is 0 Å². The van der Waals surface area contributed by atoms with Gasteiger partial charge in [0.05, 0.1) is 6.10 Å². The summed E-state index contributed by atoms with van der Waals surface area (Å²) in [5.41, 5.74) is 1.59. The monoisotopic (exact) mass is 564 g/mol. The molecular formula is C35H64OS2. The maximum absolute atomic E-state index is 10.8. The first-order chi connectivity index (χ1) is 17.7. The first-order valence-corrected chi connectivity index (χ1v) is 19.8. The second kappa shape index (κ2) is 10.4. The van der Waals surface area contributed by atoms with Gasteiger partial charge < -0.3 is 5.11 Å². The van der Waals surface area contributed by atoms with E-state index in [0.29, 0.717) is 33.3 Å². The molecule has 222 valence electrons. The molecule has 0 radical (unpaired) electrons. The first-order valence-electron chi connectivity index (χ1n) is 16.7. The minimum Gasteiger partial charge on any atom is -0.392 e. The zero-order valence-corrected chi connectivity index (χ0v) is 28.3. The van der Waals surface area contributed by atoms with Gasteiger partial charge in [0, 0.05) is 11.0 Å². The van der Waals surface area contributed by atoms with E-state index in [1.807, 2.05) is 0 Å². The van der Waals surface area contributed by atoms with Gasteiger partial charge in [-0.3, -0.25) is 0 Å². The molecule has 1 N–H and O–H groups in total. The average molecular weight is 565 g/mol. The largest absolute Gasteiger partial charge is 0.392 e. The first kappa shape index (κ1) is 30.1. The predicted octanol–water partition coefficient (Wildman–Crippen LogP) is 9.32. The standard InChI is InChI=1S/C35H64OS2/c1-10-22(2)28-20-38(9,21-31(28)36)16-13-23(3)27-17-26-19-29(24(27)4)34(26,7)14-12-32(37)30-18-25-11-15-35(30,8)33(25,5)6/h22-32,36-37H,10-21H2,1-9H3/t22?,23?,24-,25-,26?,27?,28-,29?,30?,31+,32?,34?,35?/m1/s1. The Balaban J connectivity index is 1.13. The fourth-order valence-electron chi connectivity index (χ4n) is 11.5. The molecule has 0 aromatic rings. The molecule has 6 aliphatic rings. The summed E-state index contributed by atoms with van der Waals surface area (Å²) in [6.07, 6.45) is 15.2. The van der Waals surface area contributed by atoms with Crippen LogP contribution >= 0.6 is 22.7 Å². The van der Waals surface area contributed by atoms with E-state index in [4.69, 9.17) is 12.6 Å². The van der Waals surface area contributed by atoms with Crippen LogP contribution in [0.4, 0.5) is 0 Å². The highest BCUT2D eigenvalue weighted by atomic mass is 32.3. The zero-order valence-electron chi connectivity index (χ0n) is 26.6. The Labute approximate surface area is 244 Å². The highest BCUT2D eigenvalue weighted by Crippen LogP contribution is 2.71. The maximum atomic E-state index is 10.8. The Morgan fingerprint density at radius 1 is 0.947 bits per heavy atom. The number of hydrogen-bond acceptors (Lipinski definition) is 2. The number of aliphatic hydroxyl groups excluding tert-OH is 1. The number of thiol groups is 1. The van der Waals surface area contributed by atoms with Crippen molar-refractivity contribution in [3.8, 4) is 0 Å². The van der Waals surface area contributed by atoms with Gasteiger partial charge in [0.1, 0.15) is 0 Å². The molecule has 1 saturated heterocycles. The Kier molecular flexibility index (Phi) is 8.27. The molecule has 1 nitrogen and oxygen atoms in total. The van der Waals surface area contributed by atoms with Crippen molar-refractivity contribution in [2.75, 3.05) is 23.5 Å². The van der Waals surface area contributed by atoms with Gasteiger partial charge in [-0.2, -0.15) is 12.6 Å². The van der Waals surface area contributed by atoms with Crippen molar-refractivity contribution in [2.45, 2.75) is 125 Å². The molecule has 10 unspecified atom stereocenters. The molecule has 3 heteroatoms. The van der Waals surface area contributed by atoms with E-state index in [0.717, 1.165) is 47.2 Å². The highest BCUT2D eigenvalue weighted by Gasteiger charge is 2.63. The lowest BCUT2D eigenvalue weighted by Gasteiger charge is -2.65. The molecule has 0 spiro atoms. The van der Waals surface area contributed by atoms with Gasteiger partial charge in [0.15, 0.2) is 0 Å². The third-order valence-electron chi connectivity index (χ3n) is 15.3. The Morgan fingerprint density at radius 3 is 2.24 bits per heavy atom. The Morgan fingerprint density at radius 2 is 1.66 bits per heavy atom. The van der Waals surface area contributed by atoms with Gasteiger partial charge >= 0.3 is 0 Å². The summed E-state index contributed by atoms with van der Waals surface area (Å²) < 4.78 is 0. The maximum Gasteiger partial charge on any atom is 0.0653 e. The van der Waals surface area contributed by atoms with Crippen LogP contribution in [0, 0.1) is 69.5 Å². The van der Waals surface area contributed by atoms with Crippen molar-refractivity contribution in [3.63, 3.8) is 0 Å². The SMILES string of the molecule is CCC(C)[C@H]1CS(C)(CCC(C)C2CC3CC([C@@H]2C)C3(C)CCC(S)C2C[C@H]3CCC2(C)C3(C)C)C[C@@H]1O. The third-order valence-corrected chi connectivity index (χ3v) is 19.5. The molecule has 1 aliphatic heterocycles. The molecule has 0 amide bonds. The van der Waals surface area contributed by atoms with Crippen LogP contribution < -0.4 is 0 Å². The topological polar surface area (TPSA) is 20.2 Å². The van der Waals surface area contributed by atoms with Crippen LogP contribution in [-0.4, -0.2) is 40.0 Å². The number of aliphatic hydroxyl groups is 1. The van der Waals surface area contributed by atoms with Crippen LogP contribution in [0.1, 0.15) is 113 Å². The van der Waals surface area contributed by atoms with Gasteiger partial charge in [-0.25, -0.2) is 10.0 Å². The normalized spacial score (nSPS) is 53.2. The van der Waals surface area contributed by atoms with E-state index in [1.165, 1.54) is 69.3 Å². The molecule has 6 fully saturated rings. The van der Waals surface area contributed by atoms with Crippen LogP contribution in [-0.2, 0) is 0 Å². The molecule has 4 bridgehead atoms. The summed E-state index contributed by atoms with van der Waals surface area (Å²) in [5, 5.41) is 11.4.